The van der Waals surface area contributed by atoms with E-state index in [0.717, 1.165) is 37.3 Å². The summed E-state index contributed by atoms with van der Waals surface area (Å²) < 4.78 is 5.23. The molecule has 3 aromatic rings. The molecule has 1 saturated heterocycles. The molecule has 1 amide bonds. The van der Waals surface area contributed by atoms with Gasteiger partial charge in [0.05, 0.1) is 12.5 Å². The van der Waals surface area contributed by atoms with Gasteiger partial charge in [0.2, 0.25) is 0 Å². The van der Waals surface area contributed by atoms with Crippen molar-refractivity contribution < 1.29 is 14.4 Å². The van der Waals surface area contributed by atoms with Gasteiger partial charge in [-0.25, -0.2) is 5.48 Å². The number of nitrogens with one attached hydrogen (secondary N) is 1. The monoisotopic (exact) mass is 419 g/mol. The van der Waals surface area contributed by atoms with E-state index < -0.39 is 5.91 Å². The molecule has 0 radical (unpaired) electrons. The van der Waals surface area contributed by atoms with Gasteiger partial charge in [0, 0.05) is 49.4 Å². The Balaban J connectivity index is 1.38. The van der Waals surface area contributed by atoms with Crippen LogP contribution in [-0.2, 0) is 13.1 Å². The third-order valence-electron chi connectivity index (χ3n) is 6.05. The third kappa shape index (κ3) is 5.05. The number of hydrogen-bond acceptors (Lipinski definition) is 5. The summed E-state index contributed by atoms with van der Waals surface area (Å²) in [7, 11) is 0. The second kappa shape index (κ2) is 9.47. The lowest BCUT2D eigenvalue weighted by Crippen LogP contribution is -2.55. The van der Waals surface area contributed by atoms with Gasteiger partial charge in [0.15, 0.2) is 0 Å². The zero-order chi connectivity index (χ0) is 21.8. The molecular formula is C25H29N3O3. The average Bonchev–Trinajstić information content (AvgIpc) is 3.32. The maximum atomic E-state index is 11.5. The van der Waals surface area contributed by atoms with Crippen molar-refractivity contribution in [2.45, 2.75) is 39.0 Å². The van der Waals surface area contributed by atoms with Crippen LogP contribution in [0.1, 0.15) is 35.3 Å². The predicted octanol–water partition coefficient (Wildman–Crippen LogP) is 4.16. The zero-order valence-electron chi connectivity index (χ0n) is 18.0. The minimum atomic E-state index is -0.487. The van der Waals surface area contributed by atoms with E-state index in [1.807, 2.05) is 18.2 Å². The number of nitrogens with zero attached hydrogens (tertiary/aromatic N) is 2. The summed E-state index contributed by atoms with van der Waals surface area (Å²) in [6.07, 6.45) is 3.49. The van der Waals surface area contributed by atoms with E-state index in [4.69, 9.17) is 9.62 Å². The van der Waals surface area contributed by atoms with Crippen LogP contribution in [0.15, 0.2) is 71.5 Å². The van der Waals surface area contributed by atoms with Crippen LogP contribution in [0.3, 0.4) is 0 Å². The SMILES string of the molecule is C[C@@H]1CN(Cc2ccc(C(=O)NO)cc2)C[C@H](C)N1Cc1cccc(-c2ccoc2)c1. The highest BCUT2D eigenvalue weighted by atomic mass is 16.5. The lowest BCUT2D eigenvalue weighted by atomic mass is 10.0. The van der Waals surface area contributed by atoms with Gasteiger partial charge in [0.25, 0.3) is 5.91 Å². The van der Waals surface area contributed by atoms with Crippen molar-refractivity contribution in [2.24, 2.45) is 0 Å². The van der Waals surface area contributed by atoms with E-state index in [0.29, 0.717) is 17.6 Å². The van der Waals surface area contributed by atoms with Gasteiger partial charge in [0.1, 0.15) is 0 Å². The number of furan rings is 1. The van der Waals surface area contributed by atoms with E-state index in [-0.39, 0.29) is 0 Å². The van der Waals surface area contributed by atoms with Crippen molar-refractivity contribution in [3.05, 3.63) is 83.8 Å². The van der Waals surface area contributed by atoms with Crippen molar-refractivity contribution in [1.29, 1.82) is 0 Å². The summed E-state index contributed by atoms with van der Waals surface area (Å²) in [6.45, 7) is 8.33. The lowest BCUT2D eigenvalue weighted by Gasteiger charge is -2.44. The van der Waals surface area contributed by atoms with E-state index in [2.05, 4.69) is 47.9 Å². The van der Waals surface area contributed by atoms with E-state index >= 15 is 0 Å². The maximum Gasteiger partial charge on any atom is 0.274 e. The first-order valence-electron chi connectivity index (χ1n) is 10.7. The van der Waals surface area contributed by atoms with Crippen LogP contribution in [0.4, 0.5) is 0 Å². The fourth-order valence-corrected chi connectivity index (χ4v) is 4.48. The van der Waals surface area contributed by atoms with Crippen LogP contribution in [0.25, 0.3) is 11.1 Å². The number of piperazine rings is 1. The van der Waals surface area contributed by atoms with Crippen molar-refractivity contribution in [3.63, 3.8) is 0 Å². The largest absolute Gasteiger partial charge is 0.472 e. The van der Waals surface area contributed by atoms with Crippen LogP contribution in [0, 0.1) is 0 Å². The maximum absolute atomic E-state index is 11.5. The molecule has 6 heteroatoms. The lowest BCUT2D eigenvalue weighted by molar-refractivity contribution is 0.0290. The Morgan fingerprint density at radius 2 is 1.74 bits per heavy atom. The highest BCUT2D eigenvalue weighted by Crippen LogP contribution is 2.24. The first kappa shape index (κ1) is 21.3. The molecule has 2 atom stereocenters. The summed E-state index contributed by atoms with van der Waals surface area (Å²) in [6, 6.07) is 18.9. The van der Waals surface area contributed by atoms with Gasteiger partial charge in [-0.1, -0.05) is 30.3 Å². The molecule has 0 spiro atoms. The Morgan fingerprint density at radius 3 is 2.39 bits per heavy atom. The Labute approximate surface area is 183 Å². The number of rotatable bonds is 6. The van der Waals surface area contributed by atoms with Crippen LogP contribution in [-0.4, -0.2) is 46.1 Å². The van der Waals surface area contributed by atoms with Crippen LogP contribution < -0.4 is 5.48 Å². The molecule has 31 heavy (non-hydrogen) atoms. The van der Waals surface area contributed by atoms with Gasteiger partial charge in [-0.3, -0.25) is 19.8 Å². The molecule has 162 valence electrons. The smallest absolute Gasteiger partial charge is 0.274 e. The number of amides is 1. The first-order chi connectivity index (χ1) is 15.0. The molecule has 6 nitrogen and oxygen atoms in total. The first-order valence-corrected chi connectivity index (χ1v) is 10.7. The highest BCUT2D eigenvalue weighted by Gasteiger charge is 2.29. The fraction of sp³-hybridized carbons (Fsp3) is 0.320. The second-order valence-electron chi connectivity index (χ2n) is 8.41. The van der Waals surface area contributed by atoms with Gasteiger partial charge in [-0.15, -0.1) is 0 Å². The van der Waals surface area contributed by atoms with Crippen LogP contribution in [0.2, 0.25) is 0 Å². The summed E-state index contributed by atoms with van der Waals surface area (Å²) in [5.74, 6) is -0.487. The molecule has 1 aliphatic rings. The van der Waals surface area contributed by atoms with Gasteiger partial charge in [-0.05, 0) is 54.8 Å². The third-order valence-corrected chi connectivity index (χ3v) is 6.05. The number of benzene rings is 2. The summed E-state index contributed by atoms with van der Waals surface area (Å²) in [4.78, 5) is 16.5. The number of hydrogen-bond donors (Lipinski definition) is 2. The number of hydroxylamine groups is 1. The number of carbonyl (C=O) groups excluding carboxylic acids is 1. The minimum Gasteiger partial charge on any atom is -0.472 e. The Kier molecular flexibility index (Phi) is 6.51. The zero-order valence-corrected chi connectivity index (χ0v) is 18.0. The van der Waals surface area contributed by atoms with Crippen molar-refractivity contribution in [1.82, 2.24) is 15.3 Å². The molecular weight excluding hydrogens is 390 g/mol. The molecule has 2 aromatic carbocycles. The molecule has 1 aliphatic heterocycles. The van der Waals surface area contributed by atoms with Crippen LogP contribution in [0.5, 0.6) is 0 Å². The van der Waals surface area contributed by atoms with Gasteiger partial charge in [-0.2, -0.15) is 0 Å². The molecule has 4 rings (SSSR count). The second-order valence-corrected chi connectivity index (χ2v) is 8.41. The quantitative estimate of drug-likeness (QED) is 0.464. The average molecular weight is 420 g/mol. The summed E-state index contributed by atoms with van der Waals surface area (Å²) >= 11 is 0. The normalized spacial score (nSPS) is 20.0. The Bertz CT molecular complexity index is 989. The van der Waals surface area contributed by atoms with E-state index in [1.54, 1.807) is 30.1 Å². The molecule has 0 saturated carbocycles. The van der Waals surface area contributed by atoms with E-state index in [9.17, 15) is 4.79 Å². The van der Waals surface area contributed by atoms with Crippen LogP contribution >= 0.6 is 0 Å². The molecule has 0 aliphatic carbocycles. The molecule has 0 bridgehead atoms. The standard InChI is InChI=1S/C25H29N3O3/c1-18-13-27(15-20-6-8-22(9-7-20)25(29)26-30)14-19(2)28(18)16-21-4-3-5-23(12-21)24-10-11-31-17-24/h3-12,17-19,30H,13-16H2,1-2H3,(H,26,29)/t18-,19+. The fourth-order valence-electron chi connectivity index (χ4n) is 4.48. The van der Waals surface area contributed by atoms with E-state index in [1.165, 1.54) is 11.1 Å². The minimum absolute atomic E-state index is 0.431. The van der Waals surface area contributed by atoms with Crippen molar-refractivity contribution >= 4 is 5.91 Å². The highest BCUT2D eigenvalue weighted by molar-refractivity contribution is 5.93. The molecule has 2 N–H and O–H groups in total. The Hall–Kier alpha value is -2.93. The predicted molar refractivity (Wildman–Crippen MR) is 120 cm³/mol. The summed E-state index contributed by atoms with van der Waals surface area (Å²) in [5, 5.41) is 8.75. The molecule has 2 heterocycles. The van der Waals surface area contributed by atoms with Gasteiger partial charge >= 0.3 is 0 Å². The molecule has 1 aromatic heterocycles. The summed E-state index contributed by atoms with van der Waals surface area (Å²) in [5.41, 5.74) is 6.89. The van der Waals surface area contributed by atoms with Crippen molar-refractivity contribution in [2.75, 3.05) is 13.1 Å². The molecule has 1 fully saturated rings. The van der Waals surface area contributed by atoms with Crippen molar-refractivity contribution in [3.8, 4) is 11.1 Å². The molecule has 0 unspecified atom stereocenters. The topological polar surface area (TPSA) is 69.0 Å². The number of carbonyl (C=O) groups is 1. The van der Waals surface area contributed by atoms with Gasteiger partial charge < -0.3 is 4.42 Å². The Morgan fingerprint density at radius 1 is 1.00 bits per heavy atom.